The highest BCUT2D eigenvalue weighted by atomic mass is 16.5. The molecule has 0 bridgehead atoms. The minimum Gasteiger partial charge on any atom is -0.496 e. The lowest BCUT2D eigenvalue weighted by atomic mass is 10.1. The van der Waals surface area contributed by atoms with Gasteiger partial charge in [-0.05, 0) is 38.1 Å². The standard InChI is InChI=1S/C22H24N2O6/c1-14(25)16-8-4-6-10-18(16)24-21(27)15(2)30-20(26)12-13-23-22(28)17-9-5-7-11-19(17)29-3/h4-11,15H,12-13H2,1-3H3,(H,23,28)(H,24,27)/t15-/m0/s1. The Morgan fingerprint density at radius 2 is 1.60 bits per heavy atom. The third-order valence-electron chi connectivity index (χ3n) is 4.21. The Balaban J connectivity index is 1.82. The zero-order valence-corrected chi connectivity index (χ0v) is 17.1. The lowest BCUT2D eigenvalue weighted by Gasteiger charge is -2.15. The lowest BCUT2D eigenvalue weighted by molar-refractivity contribution is -0.153. The van der Waals surface area contributed by atoms with E-state index < -0.39 is 18.0 Å². The SMILES string of the molecule is COc1ccccc1C(=O)NCCC(=O)O[C@@H](C)C(=O)Nc1ccccc1C(C)=O. The second-order valence-corrected chi connectivity index (χ2v) is 6.43. The van der Waals surface area contributed by atoms with Gasteiger partial charge in [-0.1, -0.05) is 24.3 Å². The number of esters is 1. The van der Waals surface area contributed by atoms with Crippen molar-refractivity contribution in [2.75, 3.05) is 19.0 Å². The molecule has 2 amide bonds. The molecule has 8 nitrogen and oxygen atoms in total. The van der Waals surface area contributed by atoms with Crippen LogP contribution in [0.5, 0.6) is 5.75 Å². The van der Waals surface area contributed by atoms with Gasteiger partial charge in [-0.15, -0.1) is 0 Å². The first-order chi connectivity index (χ1) is 14.3. The van der Waals surface area contributed by atoms with Crippen molar-refractivity contribution >= 4 is 29.3 Å². The second kappa shape index (κ2) is 10.8. The summed E-state index contributed by atoms with van der Waals surface area (Å²) < 4.78 is 10.2. The largest absolute Gasteiger partial charge is 0.496 e. The summed E-state index contributed by atoms with van der Waals surface area (Å²) in [6, 6.07) is 13.3. The molecule has 0 aliphatic rings. The van der Waals surface area contributed by atoms with Crippen LogP contribution < -0.4 is 15.4 Å². The summed E-state index contributed by atoms with van der Waals surface area (Å²) in [7, 11) is 1.46. The van der Waals surface area contributed by atoms with E-state index in [1.54, 1.807) is 48.5 Å². The molecule has 2 rings (SSSR count). The Labute approximate surface area is 174 Å². The summed E-state index contributed by atoms with van der Waals surface area (Å²) in [5.41, 5.74) is 1.07. The van der Waals surface area contributed by atoms with E-state index in [9.17, 15) is 19.2 Å². The number of carbonyl (C=O) groups is 4. The van der Waals surface area contributed by atoms with Gasteiger partial charge >= 0.3 is 5.97 Å². The Bertz CT molecular complexity index is 941. The quantitative estimate of drug-likeness (QED) is 0.484. The Kier molecular flexibility index (Phi) is 8.10. The molecule has 0 unspecified atom stereocenters. The molecule has 0 saturated heterocycles. The van der Waals surface area contributed by atoms with Gasteiger partial charge in [0.05, 0.1) is 24.8 Å². The predicted molar refractivity (Wildman–Crippen MR) is 111 cm³/mol. The van der Waals surface area contributed by atoms with Gasteiger partial charge in [0.1, 0.15) is 5.75 Å². The summed E-state index contributed by atoms with van der Waals surface area (Å²) >= 11 is 0. The maximum atomic E-state index is 12.3. The zero-order valence-electron chi connectivity index (χ0n) is 17.1. The molecule has 2 aromatic carbocycles. The molecular formula is C22H24N2O6. The molecule has 0 aromatic heterocycles. The van der Waals surface area contributed by atoms with Crippen molar-refractivity contribution in [1.29, 1.82) is 0 Å². The van der Waals surface area contributed by atoms with Gasteiger partial charge < -0.3 is 20.1 Å². The number of carbonyl (C=O) groups excluding carboxylic acids is 4. The number of nitrogens with one attached hydrogen (secondary N) is 2. The average molecular weight is 412 g/mol. The molecule has 0 fully saturated rings. The van der Waals surface area contributed by atoms with Crippen molar-refractivity contribution in [3.63, 3.8) is 0 Å². The first kappa shape index (κ1) is 22.6. The molecule has 0 aliphatic heterocycles. The van der Waals surface area contributed by atoms with Gasteiger partial charge in [0.2, 0.25) is 0 Å². The Morgan fingerprint density at radius 3 is 2.27 bits per heavy atom. The molecule has 2 aromatic rings. The second-order valence-electron chi connectivity index (χ2n) is 6.43. The summed E-state index contributed by atoms with van der Waals surface area (Å²) in [5, 5.41) is 5.19. The number of amides is 2. The summed E-state index contributed by atoms with van der Waals surface area (Å²) in [6.07, 6.45) is -1.18. The molecule has 0 aliphatic carbocycles. The van der Waals surface area contributed by atoms with Crippen LogP contribution in [0.4, 0.5) is 5.69 Å². The minimum absolute atomic E-state index is 0.0389. The molecule has 8 heteroatoms. The normalized spacial score (nSPS) is 11.2. The Hall–Kier alpha value is -3.68. The van der Waals surface area contributed by atoms with Crippen molar-refractivity contribution in [2.45, 2.75) is 26.4 Å². The van der Waals surface area contributed by atoms with Gasteiger partial charge in [-0.2, -0.15) is 0 Å². The summed E-state index contributed by atoms with van der Waals surface area (Å²) in [4.78, 5) is 48.1. The number of anilines is 1. The highest BCUT2D eigenvalue weighted by Gasteiger charge is 2.20. The Morgan fingerprint density at radius 1 is 0.967 bits per heavy atom. The summed E-state index contributed by atoms with van der Waals surface area (Å²) in [6.45, 7) is 2.86. The number of hydrogen-bond donors (Lipinski definition) is 2. The highest BCUT2D eigenvalue weighted by molar-refractivity contribution is 6.04. The van der Waals surface area contributed by atoms with Crippen LogP contribution in [0.3, 0.4) is 0 Å². The third-order valence-corrected chi connectivity index (χ3v) is 4.21. The van der Waals surface area contributed by atoms with E-state index in [4.69, 9.17) is 9.47 Å². The van der Waals surface area contributed by atoms with E-state index >= 15 is 0 Å². The van der Waals surface area contributed by atoms with Gasteiger partial charge in [0.25, 0.3) is 11.8 Å². The smallest absolute Gasteiger partial charge is 0.308 e. The average Bonchev–Trinajstić information content (AvgIpc) is 2.73. The van der Waals surface area contributed by atoms with Gasteiger partial charge in [0.15, 0.2) is 11.9 Å². The number of Topliss-reactive ketones (excluding diaryl/α,β-unsaturated/α-hetero) is 1. The van der Waals surface area contributed by atoms with Crippen molar-refractivity contribution < 1.29 is 28.7 Å². The van der Waals surface area contributed by atoms with Crippen LogP contribution in [0.15, 0.2) is 48.5 Å². The maximum Gasteiger partial charge on any atom is 0.308 e. The lowest BCUT2D eigenvalue weighted by Crippen LogP contribution is -2.32. The highest BCUT2D eigenvalue weighted by Crippen LogP contribution is 2.17. The fourth-order valence-electron chi connectivity index (χ4n) is 2.65. The van der Waals surface area contributed by atoms with Crippen molar-refractivity contribution in [1.82, 2.24) is 5.32 Å². The predicted octanol–water partition coefficient (Wildman–Crippen LogP) is 2.59. The van der Waals surface area contributed by atoms with Crippen LogP contribution in [-0.4, -0.2) is 43.3 Å². The van der Waals surface area contributed by atoms with E-state index in [2.05, 4.69) is 10.6 Å². The van der Waals surface area contributed by atoms with Crippen LogP contribution in [0.2, 0.25) is 0 Å². The number of methoxy groups -OCH3 is 1. The molecule has 0 spiro atoms. The van der Waals surface area contributed by atoms with E-state index in [1.807, 2.05) is 0 Å². The number of para-hydroxylation sites is 2. The third kappa shape index (κ3) is 6.16. The number of benzene rings is 2. The number of ketones is 1. The molecule has 158 valence electrons. The first-order valence-electron chi connectivity index (χ1n) is 9.35. The van der Waals surface area contributed by atoms with Crippen LogP contribution >= 0.6 is 0 Å². The van der Waals surface area contributed by atoms with Gasteiger partial charge in [0, 0.05) is 12.1 Å². The number of rotatable bonds is 9. The molecule has 30 heavy (non-hydrogen) atoms. The zero-order chi connectivity index (χ0) is 22.1. The molecule has 0 saturated carbocycles. The number of ether oxygens (including phenoxy) is 2. The van der Waals surface area contributed by atoms with Crippen molar-refractivity contribution in [3.8, 4) is 5.75 Å². The summed E-state index contributed by atoms with van der Waals surface area (Å²) in [5.74, 6) is -1.35. The monoisotopic (exact) mass is 412 g/mol. The number of hydrogen-bond acceptors (Lipinski definition) is 6. The van der Waals surface area contributed by atoms with Crippen LogP contribution in [0, 0.1) is 0 Å². The van der Waals surface area contributed by atoms with E-state index in [0.29, 0.717) is 22.6 Å². The van der Waals surface area contributed by atoms with Crippen LogP contribution in [0.1, 0.15) is 41.0 Å². The van der Waals surface area contributed by atoms with Crippen LogP contribution in [0.25, 0.3) is 0 Å². The molecule has 2 N–H and O–H groups in total. The van der Waals surface area contributed by atoms with E-state index in [1.165, 1.54) is 21.0 Å². The molecule has 0 radical (unpaired) electrons. The van der Waals surface area contributed by atoms with E-state index in [0.717, 1.165) is 0 Å². The molecule has 1 atom stereocenters. The van der Waals surface area contributed by atoms with Gasteiger partial charge in [-0.3, -0.25) is 19.2 Å². The minimum atomic E-state index is -1.07. The topological polar surface area (TPSA) is 111 Å². The molecular weight excluding hydrogens is 388 g/mol. The van der Waals surface area contributed by atoms with E-state index in [-0.39, 0.29) is 24.7 Å². The fourth-order valence-corrected chi connectivity index (χ4v) is 2.65. The van der Waals surface area contributed by atoms with Gasteiger partial charge in [-0.25, -0.2) is 0 Å². The van der Waals surface area contributed by atoms with Crippen molar-refractivity contribution in [3.05, 3.63) is 59.7 Å². The van der Waals surface area contributed by atoms with Crippen LogP contribution in [-0.2, 0) is 14.3 Å². The first-order valence-corrected chi connectivity index (χ1v) is 9.35. The van der Waals surface area contributed by atoms with Crippen molar-refractivity contribution in [2.24, 2.45) is 0 Å². The fraction of sp³-hybridized carbons (Fsp3) is 0.273. The molecule has 0 heterocycles. The maximum absolute atomic E-state index is 12.3.